The van der Waals surface area contributed by atoms with Gasteiger partial charge in [-0.2, -0.15) is 0 Å². The SMILES string of the molecule is COCCOCCOCCOc1cccc(C2=N[C@@H](C(=O)O)CS2)c1O. The summed E-state index contributed by atoms with van der Waals surface area (Å²) in [4.78, 5) is 15.1. The summed E-state index contributed by atoms with van der Waals surface area (Å²) in [7, 11) is 1.62. The number of aromatic hydroxyl groups is 1. The van der Waals surface area contributed by atoms with Crippen molar-refractivity contribution in [2.75, 3.05) is 52.5 Å². The maximum Gasteiger partial charge on any atom is 0.329 e. The number of carbonyl (C=O) groups is 1. The summed E-state index contributed by atoms with van der Waals surface area (Å²) in [6, 6.07) is 4.28. The van der Waals surface area contributed by atoms with Gasteiger partial charge in [0.25, 0.3) is 0 Å². The summed E-state index contributed by atoms with van der Waals surface area (Å²) in [5, 5.41) is 19.9. The van der Waals surface area contributed by atoms with Crippen molar-refractivity contribution in [1.29, 1.82) is 0 Å². The van der Waals surface area contributed by atoms with Gasteiger partial charge in [-0.3, -0.25) is 4.99 Å². The van der Waals surface area contributed by atoms with Gasteiger partial charge < -0.3 is 29.2 Å². The van der Waals surface area contributed by atoms with Gasteiger partial charge in [-0.25, -0.2) is 4.79 Å². The van der Waals surface area contributed by atoms with E-state index in [1.54, 1.807) is 25.3 Å². The van der Waals surface area contributed by atoms with Crippen LogP contribution in [-0.4, -0.2) is 79.8 Å². The number of phenols is 1. The first-order chi connectivity index (χ1) is 12.6. The van der Waals surface area contributed by atoms with E-state index in [4.69, 9.17) is 24.1 Å². The fourth-order valence-electron chi connectivity index (χ4n) is 2.13. The van der Waals surface area contributed by atoms with E-state index in [1.165, 1.54) is 11.8 Å². The van der Waals surface area contributed by atoms with Crippen LogP contribution < -0.4 is 4.74 Å². The van der Waals surface area contributed by atoms with E-state index in [2.05, 4.69) is 4.99 Å². The van der Waals surface area contributed by atoms with Crippen molar-refractivity contribution in [2.24, 2.45) is 4.99 Å². The van der Waals surface area contributed by atoms with E-state index >= 15 is 0 Å². The lowest BCUT2D eigenvalue weighted by Crippen LogP contribution is -2.17. The van der Waals surface area contributed by atoms with E-state index in [-0.39, 0.29) is 12.4 Å². The predicted octanol–water partition coefficient (Wildman–Crippen LogP) is 1.40. The van der Waals surface area contributed by atoms with Crippen molar-refractivity contribution in [3.63, 3.8) is 0 Å². The van der Waals surface area contributed by atoms with E-state index in [0.29, 0.717) is 55.1 Å². The molecule has 144 valence electrons. The molecule has 0 bridgehead atoms. The number of rotatable bonds is 12. The van der Waals surface area contributed by atoms with Crippen LogP contribution in [0.5, 0.6) is 11.5 Å². The van der Waals surface area contributed by atoms with Crippen LogP contribution in [0.3, 0.4) is 0 Å². The van der Waals surface area contributed by atoms with Crippen LogP contribution >= 0.6 is 11.8 Å². The van der Waals surface area contributed by atoms with Crippen LogP contribution in [0.1, 0.15) is 5.56 Å². The fraction of sp³-hybridized carbons (Fsp3) is 0.529. The lowest BCUT2D eigenvalue weighted by molar-refractivity contribution is -0.137. The van der Waals surface area contributed by atoms with Crippen LogP contribution in [0, 0.1) is 0 Å². The summed E-state index contributed by atoms with van der Waals surface area (Å²) in [6.45, 7) is 2.63. The number of hydrogen-bond donors (Lipinski definition) is 2. The fourth-order valence-corrected chi connectivity index (χ4v) is 3.19. The number of carboxylic acids is 1. The molecule has 0 spiro atoms. The zero-order valence-electron chi connectivity index (χ0n) is 14.6. The summed E-state index contributed by atoms with van der Waals surface area (Å²) in [5.41, 5.74) is 0.476. The minimum Gasteiger partial charge on any atom is -0.504 e. The molecule has 1 heterocycles. The standard InChI is InChI=1S/C17H23NO7S/c1-22-5-6-23-7-8-24-9-10-25-14-4-2-3-12(15(14)19)16-18-13(11-26-16)17(20)21/h2-4,13,19H,5-11H2,1H3,(H,20,21)/t13-/m1/s1. The molecule has 1 aliphatic heterocycles. The van der Waals surface area contributed by atoms with Crippen molar-refractivity contribution in [1.82, 2.24) is 0 Å². The minimum absolute atomic E-state index is 0.0484. The predicted molar refractivity (Wildman–Crippen MR) is 97.5 cm³/mol. The van der Waals surface area contributed by atoms with Gasteiger partial charge in [0.15, 0.2) is 17.5 Å². The second-order valence-electron chi connectivity index (χ2n) is 5.32. The molecule has 1 atom stereocenters. The lowest BCUT2D eigenvalue weighted by atomic mass is 10.2. The van der Waals surface area contributed by atoms with Gasteiger partial charge in [-0.1, -0.05) is 6.07 Å². The number of phenolic OH excluding ortho intramolecular Hbond substituents is 1. The molecule has 0 saturated carbocycles. The van der Waals surface area contributed by atoms with Gasteiger partial charge in [0, 0.05) is 12.9 Å². The Kier molecular flexibility index (Phi) is 8.69. The van der Waals surface area contributed by atoms with Crippen LogP contribution in [-0.2, 0) is 19.0 Å². The highest BCUT2D eigenvalue weighted by molar-refractivity contribution is 8.14. The number of benzene rings is 1. The molecule has 0 aromatic heterocycles. The van der Waals surface area contributed by atoms with E-state index in [0.717, 1.165) is 0 Å². The molecule has 26 heavy (non-hydrogen) atoms. The number of hydrogen-bond acceptors (Lipinski definition) is 8. The zero-order valence-corrected chi connectivity index (χ0v) is 15.4. The van der Waals surface area contributed by atoms with Gasteiger partial charge in [-0.05, 0) is 12.1 Å². The Labute approximate surface area is 156 Å². The molecule has 0 radical (unpaired) electrons. The highest BCUT2D eigenvalue weighted by atomic mass is 32.2. The third-order valence-corrected chi connectivity index (χ3v) is 4.54. The van der Waals surface area contributed by atoms with Crippen LogP contribution in [0.25, 0.3) is 0 Å². The molecule has 8 nitrogen and oxygen atoms in total. The van der Waals surface area contributed by atoms with E-state index in [9.17, 15) is 9.90 Å². The molecule has 0 saturated heterocycles. The average molecular weight is 385 g/mol. The van der Waals surface area contributed by atoms with Crippen molar-refractivity contribution < 1.29 is 34.0 Å². The number of methoxy groups -OCH3 is 1. The Bertz CT molecular complexity index is 623. The first-order valence-electron chi connectivity index (χ1n) is 8.16. The molecule has 9 heteroatoms. The number of ether oxygens (including phenoxy) is 4. The summed E-state index contributed by atoms with van der Waals surface area (Å²) in [5.74, 6) is -0.352. The average Bonchev–Trinajstić information content (AvgIpc) is 3.12. The summed E-state index contributed by atoms with van der Waals surface area (Å²) >= 11 is 1.30. The Balaban J connectivity index is 1.77. The first kappa shape index (κ1) is 20.5. The number of carboxylic acid groups (broad SMARTS) is 1. The highest BCUT2D eigenvalue weighted by Crippen LogP contribution is 2.35. The van der Waals surface area contributed by atoms with Crippen molar-refractivity contribution in [3.8, 4) is 11.5 Å². The maximum absolute atomic E-state index is 11.0. The minimum atomic E-state index is -0.970. The molecule has 1 aromatic rings. The van der Waals surface area contributed by atoms with Crippen LogP contribution in [0.15, 0.2) is 23.2 Å². The number of aliphatic imine (C=N–C) groups is 1. The Morgan fingerprint density at radius 2 is 1.88 bits per heavy atom. The molecule has 2 N–H and O–H groups in total. The molecule has 0 aliphatic carbocycles. The van der Waals surface area contributed by atoms with Crippen molar-refractivity contribution in [2.45, 2.75) is 6.04 Å². The molecule has 1 aromatic carbocycles. The third kappa shape index (κ3) is 6.17. The quantitative estimate of drug-likeness (QED) is 0.520. The Hall–Kier alpha value is -1.81. The van der Waals surface area contributed by atoms with E-state index in [1.807, 2.05) is 0 Å². The number of aliphatic carboxylic acids is 1. The first-order valence-corrected chi connectivity index (χ1v) is 9.15. The highest BCUT2D eigenvalue weighted by Gasteiger charge is 2.27. The molecule has 1 aliphatic rings. The van der Waals surface area contributed by atoms with Crippen LogP contribution in [0.2, 0.25) is 0 Å². The van der Waals surface area contributed by atoms with Gasteiger partial charge in [0.05, 0.1) is 38.6 Å². The summed E-state index contributed by atoms with van der Waals surface area (Å²) < 4.78 is 21.1. The van der Waals surface area contributed by atoms with E-state index < -0.39 is 12.0 Å². The molecule has 0 unspecified atom stereocenters. The molecule has 2 rings (SSSR count). The maximum atomic E-state index is 11.0. The van der Waals surface area contributed by atoms with Crippen LogP contribution in [0.4, 0.5) is 0 Å². The third-order valence-electron chi connectivity index (χ3n) is 3.45. The monoisotopic (exact) mass is 385 g/mol. The topological polar surface area (TPSA) is 107 Å². The number of para-hydroxylation sites is 1. The zero-order chi connectivity index (χ0) is 18.8. The normalized spacial score (nSPS) is 16.5. The Morgan fingerprint density at radius 1 is 1.19 bits per heavy atom. The van der Waals surface area contributed by atoms with Gasteiger partial charge >= 0.3 is 5.97 Å². The molecular formula is C17H23NO7S. The second-order valence-corrected chi connectivity index (χ2v) is 6.33. The Morgan fingerprint density at radius 3 is 2.54 bits per heavy atom. The largest absolute Gasteiger partial charge is 0.504 e. The molecule has 0 amide bonds. The van der Waals surface area contributed by atoms with Crippen molar-refractivity contribution in [3.05, 3.63) is 23.8 Å². The number of thioether (sulfide) groups is 1. The van der Waals surface area contributed by atoms with Crippen molar-refractivity contribution >= 4 is 22.8 Å². The second kappa shape index (κ2) is 11.0. The van der Waals surface area contributed by atoms with Gasteiger partial charge in [0.1, 0.15) is 11.7 Å². The summed E-state index contributed by atoms with van der Waals surface area (Å²) in [6.07, 6.45) is 0. The molecule has 0 fully saturated rings. The number of nitrogens with zero attached hydrogens (tertiary/aromatic N) is 1. The lowest BCUT2D eigenvalue weighted by Gasteiger charge is -2.11. The van der Waals surface area contributed by atoms with Gasteiger partial charge in [-0.15, -0.1) is 11.8 Å². The molecular weight excluding hydrogens is 362 g/mol. The van der Waals surface area contributed by atoms with Gasteiger partial charge in [0.2, 0.25) is 0 Å². The smallest absolute Gasteiger partial charge is 0.329 e.